The molecular weight excluding hydrogens is 444 g/mol. The number of halogens is 2. The van der Waals surface area contributed by atoms with E-state index in [-0.39, 0.29) is 11.7 Å². The van der Waals surface area contributed by atoms with Crippen LogP contribution in [0.4, 0.5) is 0 Å². The fourth-order valence-electron chi connectivity index (χ4n) is 2.07. The van der Waals surface area contributed by atoms with Crippen molar-refractivity contribution in [2.75, 3.05) is 13.2 Å². The van der Waals surface area contributed by atoms with E-state index in [2.05, 4.69) is 42.4 Å². The number of hydrogen-bond acceptors (Lipinski definition) is 5. The highest BCUT2D eigenvalue weighted by molar-refractivity contribution is 9.11. The lowest BCUT2D eigenvalue weighted by Gasteiger charge is -2.18. The molecular formula is C16H12Br2N2O4. The third-order valence-corrected chi connectivity index (χ3v) is 4.43. The van der Waals surface area contributed by atoms with E-state index in [9.17, 15) is 9.90 Å². The van der Waals surface area contributed by atoms with E-state index < -0.39 is 0 Å². The predicted molar refractivity (Wildman–Crippen MR) is 96.0 cm³/mol. The molecule has 2 aromatic carbocycles. The van der Waals surface area contributed by atoms with Crippen LogP contribution in [-0.4, -0.2) is 30.4 Å². The van der Waals surface area contributed by atoms with Gasteiger partial charge in [-0.15, -0.1) is 0 Å². The number of aromatic hydroxyl groups is 1. The first kappa shape index (κ1) is 16.8. The number of nitrogens with one attached hydrogen (secondary N) is 1. The molecule has 0 aliphatic carbocycles. The molecule has 1 aliphatic rings. The molecule has 8 heteroatoms. The summed E-state index contributed by atoms with van der Waals surface area (Å²) in [6, 6.07) is 8.32. The SMILES string of the molecule is O=C(NN=Cc1cc(Br)c(O)c(Br)c1)c1ccc2c(c1)OCCO2. The monoisotopic (exact) mass is 454 g/mol. The van der Waals surface area contributed by atoms with Crippen LogP contribution in [0.1, 0.15) is 15.9 Å². The topological polar surface area (TPSA) is 80.2 Å². The Morgan fingerprint density at radius 3 is 2.50 bits per heavy atom. The second-order valence-electron chi connectivity index (χ2n) is 4.89. The van der Waals surface area contributed by atoms with Gasteiger partial charge in [-0.3, -0.25) is 4.79 Å². The molecule has 0 bridgehead atoms. The quantitative estimate of drug-likeness (QED) is 0.548. The summed E-state index contributed by atoms with van der Waals surface area (Å²) in [6.07, 6.45) is 1.48. The summed E-state index contributed by atoms with van der Waals surface area (Å²) in [5.41, 5.74) is 3.57. The van der Waals surface area contributed by atoms with Crippen molar-refractivity contribution in [3.8, 4) is 17.2 Å². The van der Waals surface area contributed by atoms with Gasteiger partial charge in [0.05, 0.1) is 15.2 Å². The van der Waals surface area contributed by atoms with Crippen molar-refractivity contribution >= 4 is 44.0 Å². The van der Waals surface area contributed by atoms with Gasteiger partial charge in [0.15, 0.2) is 11.5 Å². The van der Waals surface area contributed by atoms with Gasteiger partial charge in [-0.05, 0) is 67.8 Å². The molecule has 124 valence electrons. The van der Waals surface area contributed by atoms with Crippen LogP contribution < -0.4 is 14.9 Å². The van der Waals surface area contributed by atoms with Crippen LogP contribution in [0.3, 0.4) is 0 Å². The van der Waals surface area contributed by atoms with E-state index in [0.29, 0.717) is 44.8 Å². The number of nitrogens with zero attached hydrogens (tertiary/aromatic N) is 1. The average molecular weight is 456 g/mol. The van der Waals surface area contributed by atoms with Gasteiger partial charge in [-0.25, -0.2) is 5.43 Å². The van der Waals surface area contributed by atoms with Crippen molar-refractivity contribution in [1.82, 2.24) is 5.43 Å². The number of phenolic OH excluding ortho intramolecular Hbond substituents is 1. The zero-order valence-electron chi connectivity index (χ0n) is 12.3. The number of hydrazone groups is 1. The molecule has 0 aromatic heterocycles. The molecule has 0 saturated carbocycles. The van der Waals surface area contributed by atoms with Gasteiger partial charge < -0.3 is 14.6 Å². The molecule has 1 aliphatic heterocycles. The number of carbonyl (C=O) groups excluding carboxylic acids is 1. The smallest absolute Gasteiger partial charge is 0.271 e. The van der Waals surface area contributed by atoms with Gasteiger partial charge >= 0.3 is 0 Å². The molecule has 24 heavy (non-hydrogen) atoms. The number of rotatable bonds is 3. The Morgan fingerprint density at radius 1 is 1.12 bits per heavy atom. The average Bonchev–Trinajstić information content (AvgIpc) is 2.59. The summed E-state index contributed by atoms with van der Waals surface area (Å²) in [5, 5.41) is 13.6. The van der Waals surface area contributed by atoms with Gasteiger partial charge in [0, 0.05) is 5.56 Å². The van der Waals surface area contributed by atoms with Crippen LogP contribution >= 0.6 is 31.9 Å². The molecule has 0 spiro atoms. The fraction of sp³-hybridized carbons (Fsp3) is 0.125. The standard InChI is InChI=1S/C16H12Br2N2O4/c17-11-5-9(6-12(18)15(11)21)8-19-20-16(22)10-1-2-13-14(7-10)24-4-3-23-13/h1-2,5-8,21H,3-4H2,(H,20,22). The maximum atomic E-state index is 12.1. The molecule has 2 aromatic rings. The van der Waals surface area contributed by atoms with Crippen molar-refractivity contribution in [3.63, 3.8) is 0 Å². The third kappa shape index (κ3) is 3.70. The van der Waals surface area contributed by atoms with Crippen molar-refractivity contribution in [2.45, 2.75) is 0 Å². The summed E-state index contributed by atoms with van der Waals surface area (Å²) in [7, 11) is 0. The Balaban J connectivity index is 1.69. The van der Waals surface area contributed by atoms with Crippen LogP contribution in [0.15, 0.2) is 44.4 Å². The lowest BCUT2D eigenvalue weighted by molar-refractivity contribution is 0.0954. The Bertz CT molecular complexity index is 801. The zero-order valence-corrected chi connectivity index (χ0v) is 15.4. The Kier molecular flexibility index (Phi) is 5.06. The fourth-order valence-corrected chi connectivity index (χ4v) is 3.30. The van der Waals surface area contributed by atoms with E-state index >= 15 is 0 Å². The van der Waals surface area contributed by atoms with Crippen molar-refractivity contribution < 1.29 is 19.4 Å². The van der Waals surface area contributed by atoms with Crippen molar-refractivity contribution in [1.29, 1.82) is 0 Å². The second kappa shape index (κ2) is 7.23. The summed E-state index contributed by atoms with van der Waals surface area (Å²) >= 11 is 6.47. The van der Waals surface area contributed by atoms with Crippen LogP contribution in [0.5, 0.6) is 17.2 Å². The number of benzene rings is 2. The normalized spacial score (nSPS) is 13.1. The van der Waals surface area contributed by atoms with Crippen LogP contribution in [0, 0.1) is 0 Å². The summed E-state index contributed by atoms with van der Waals surface area (Å²) in [5.74, 6) is 0.914. The first-order valence-corrected chi connectivity index (χ1v) is 8.54. The molecule has 1 amide bonds. The molecule has 1 heterocycles. The van der Waals surface area contributed by atoms with Crippen molar-refractivity contribution in [3.05, 3.63) is 50.4 Å². The minimum Gasteiger partial charge on any atom is -0.506 e. The molecule has 0 fully saturated rings. The number of hydrogen-bond donors (Lipinski definition) is 2. The van der Waals surface area contributed by atoms with Gasteiger partial charge in [0.25, 0.3) is 5.91 Å². The maximum Gasteiger partial charge on any atom is 0.271 e. The minimum atomic E-state index is -0.361. The van der Waals surface area contributed by atoms with Crippen LogP contribution in [0.2, 0.25) is 0 Å². The van der Waals surface area contributed by atoms with Crippen LogP contribution in [-0.2, 0) is 0 Å². The van der Waals surface area contributed by atoms with Gasteiger partial charge in [0.2, 0.25) is 0 Å². The Morgan fingerprint density at radius 2 is 1.79 bits per heavy atom. The molecule has 3 rings (SSSR count). The molecule has 0 unspecified atom stereocenters. The van der Waals surface area contributed by atoms with E-state index in [1.807, 2.05) is 0 Å². The predicted octanol–water partition coefficient (Wildman–Crippen LogP) is 3.45. The first-order chi connectivity index (χ1) is 11.5. The maximum absolute atomic E-state index is 12.1. The van der Waals surface area contributed by atoms with E-state index in [0.717, 1.165) is 0 Å². The molecule has 0 radical (unpaired) electrons. The number of ether oxygens (including phenoxy) is 2. The second-order valence-corrected chi connectivity index (χ2v) is 6.60. The summed E-state index contributed by atoms with van der Waals surface area (Å²) < 4.78 is 11.9. The molecule has 6 nitrogen and oxygen atoms in total. The van der Waals surface area contributed by atoms with Crippen LogP contribution in [0.25, 0.3) is 0 Å². The number of fused-ring (bicyclic) bond motifs is 1. The molecule has 0 atom stereocenters. The lowest BCUT2D eigenvalue weighted by atomic mass is 10.2. The number of amides is 1. The summed E-state index contributed by atoms with van der Waals surface area (Å²) in [4.78, 5) is 12.1. The van der Waals surface area contributed by atoms with Gasteiger partial charge in [-0.1, -0.05) is 0 Å². The van der Waals surface area contributed by atoms with Gasteiger partial charge in [-0.2, -0.15) is 5.10 Å². The van der Waals surface area contributed by atoms with Crippen molar-refractivity contribution in [2.24, 2.45) is 5.10 Å². The lowest BCUT2D eigenvalue weighted by Crippen LogP contribution is -2.19. The Labute approximate surface area is 154 Å². The molecule has 0 saturated heterocycles. The first-order valence-electron chi connectivity index (χ1n) is 6.95. The van der Waals surface area contributed by atoms with E-state index in [1.165, 1.54) is 6.21 Å². The third-order valence-electron chi connectivity index (χ3n) is 3.22. The number of carbonyl (C=O) groups is 1. The number of phenols is 1. The van der Waals surface area contributed by atoms with Gasteiger partial charge in [0.1, 0.15) is 19.0 Å². The molecule has 2 N–H and O–H groups in total. The largest absolute Gasteiger partial charge is 0.506 e. The van der Waals surface area contributed by atoms with E-state index in [4.69, 9.17) is 9.47 Å². The van der Waals surface area contributed by atoms with E-state index in [1.54, 1.807) is 30.3 Å². The highest BCUT2D eigenvalue weighted by Crippen LogP contribution is 2.33. The highest BCUT2D eigenvalue weighted by atomic mass is 79.9. The minimum absolute atomic E-state index is 0.104. The summed E-state index contributed by atoms with van der Waals surface area (Å²) in [6.45, 7) is 0.960. The Hall–Kier alpha value is -2.06. The highest BCUT2D eigenvalue weighted by Gasteiger charge is 2.14. The zero-order chi connectivity index (χ0) is 17.1.